The maximum Gasteiger partial charge on any atom is 0.242 e. The molecule has 0 saturated heterocycles. The highest BCUT2D eigenvalue weighted by molar-refractivity contribution is 6.11. The molecule has 1 aromatic heterocycles. The first-order valence-electron chi connectivity index (χ1n) is 15.5. The largest absolute Gasteiger partial charge is 0.502 e. The Bertz CT molecular complexity index is 1690. The van der Waals surface area contributed by atoms with E-state index in [0.717, 1.165) is 40.8 Å². The number of methoxy groups -OCH3 is 2. The summed E-state index contributed by atoms with van der Waals surface area (Å²) in [6.07, 6.45) is 16.2. The number of carbonyl (C=O) groups excluding carboxylic acids is 1. The Morgan fingerprint density at radius 1 is 1.09 bits per heavy atom. The van der Waals surface area contributed by atoms with Crippen molar-refractivity contribution in [3.63, 3.8) is 0 Å². The fourth-order valence-electron chi connectivity index (χ4n) is 5.53. The van der Waals surface area contributed by atoms with E-state index in [0.29, 0.717) is 29.8 Å². The first-order valence-corrected chi connectivity index (χ1v) is 15.5. The van der Waals surface area contributed by atoms with Gasteiger partial charge in [0.2, 0.25) is 11.7 Å². The number of fused-ring (bicyclic) bond motifs is 1. The second kappa shape index (κ2) is 16.0. The van der Waals surface area contributed by atoms with Crippen LogP contribution in [0.1, 0.15) is 56.0 Å². The Morgan fingerprint density at radius 2 is 1.83 bits per heavy atom. The molecule has 46 heavy (non-hydrogen) atoms. The fraction of sp³-hybridized carbons (Fsp3) is 0.289. The third-order valence-electron chi connectivity index (χ3n) is 8.12. The average molecular weight is 626 g/mol. The lowest BCUT2D eigenvalue weighted by Gasteiger charge is -2.22. The van der Waals surface area contributed by atoms with Crippen molar-refractivity contribution in [2.24, 2.45) is 7.05 Å². The summed E-state index contributed by atoms with van der Waals surface area (Å²) in [5, 5.41) is 17.0. The van der Waals surface area contributed by atoms with Gasteiger partial charge in [-0.2, -0.15) is 0 Å². The zero-order valence-corrected chi connectivity index (χ0v) is 27.5. The van der Waals surface area contributed by atoms with E-state index in [4.69, 9.17) is 9.47 Å². The molecule has 1 unspecified atom stereocenters. The molecule has 1 aliphatic carbocycles. The third kappa shape index (κ3) is 7.87. The Kier molecular flexibility index (Phi) is 11.8. The van der Waals surface area contributed by atoms with Crippen LogP contribution in [0.15, 0.2) is 90.2 Å². The van der Waals surface area contributed by atoms with Crippen molar-refractivity contribution >= 4 is 23.1 Å². The molecule has 0 radical (unpaired) electrons. The molecule has 0 fully saturated rings. The van der Waals surface area contributed by atoms with Crippen LogP contribution in [0.5, 0.6) is 17.2 Å². The van der Waals surface area contributed by atoms with Crippen molar-refractivity contribution in [3.05, 3.63) is 118 Å². The molecule has 0 aliphatic heterocycles. The number of nitrogens with zero attached hydrogens (tertiary/aromatic N) is 1. The first-order chi connectivity index (χ1) is 22.2. The van der Waals surface area contributed by atoms with E-state index in [-0.39, 0.29) is 23.2 Å². The van der Waals surface area contributed by atoms with Gasteiger partial charge in [-0.1, -0.05) is 49.8 Å². The van der Waals surface area contributed by atoms with Crippen LogP contribution < -0.4 is 20.1 Å². The van der Waals surface area contributed by atoms with Gasteiger partial charge in [0.1, 0.15) is 11.9 Å². The number of ether oxygens (including phenoxy) is 2. The van der Waals surface area contributed by atoms with Gasteiger partial charge in [-0.05, 0) is 102 Å². The number of aromatic nitrogens is 1. The lowest BCUT2D eigenvalue weighted by Crippen LogP contribution is -2.45. The summed E-state index contributed by atoms with van der Waals surface area (Å²) in [6.45, 7) is 6.82. The molecule has 7 nitrogen and oxygen atoms in total. The topological polar surface area (TPSA) is 84.8 Å². The average Bonchev–Trinajstić information content (AvgIpc) is 3.58. The number of carbonyl (C=O) groups is 1. The van der Waals surface area contributed by atoms with Crippen LogP contribution in [-0.2, 0) is 18.4 Å². The summed E-state index contributed by atoms with van der Waals surface area (Å²) in [7, 11) is 4.88. The van der Waals surface area contributed by atoms with Crippen molar-refractivity contribution < 1.29 is 23.8 Å². The number of aromatic hydroxyl groups is 1. The second-order valence-electron chi connectivity index (χ2n) is 11.1. The number of aryl methyl sites for hydroxylation is 1. The lowest BCUT2D eigenvalue weighted by molar-refractivity contribution is -0.121. The maximum atomic E-state index is 14.8. The SMILES string of the molecule is C\C=C(/C=C\C=C\CCC)CNC(C(=O)NCc1cccn1C)C1=C(C)/C(=C/c2cc(OC)c(O)c(OC)c2)c2ccc(F)cc21. The molecule has 4 rings (SSSR count). The monoisotopic (exact) mass is 625 g/mol. The number of allylic oxidation sites excluding steroid dienone is 6. The number of halogens is 1. The summed E-state index contributed by atoms with van der Waals surface area (Å²) in [6, 6.07) is 11.2. The van der Waals surface area contributed by atoms with E-state index in [1.54, 1.807) is 18.2 Å². The van der Waals surface area contributed by atoms with E-state index in [9.17, 15) is 14.3 Å². The molecule has 0 saturated carbocycles. The Hall–Kier alpha value is -4.82. The quantitative estimate of drug-likeness (QED) is 0.163. The molecule has 1 heterocycles. The van der Waals surface area contributed by atoms with Crippen LogP contribution in [0.25, 0.3) is 17.2 Å². The summed E-state index contributed by atoms with van der Waals surface area (Å²) in [5.41, 5.74) is 6.49. The minimum atomic E-state index is -0.783. The lowest BCUT2D eigenvalue weighted by atomic mass is 9.96. The number of phenolic OH excluding ortho intramolecular Hbond substituents is 1. The number of rotatable bonds is 14. The molecular formula is C38H44FN3O4. The summed E-state index contributed by atoms with van der Waals surface area (Å²) in [5.74, 6) is -0.176. The number of nitrogens with one attached hydrogen (secondary N) is 2. The van der Waals surface area contributed by atoms with Crippen molar-refractivity contribution in [1.82, 2.24) is 15.2 Å². The smallest absolute Gasteiger partial charge is 0.242 e. The minimum absolute atomic E-state index is 0.0946. The van der Waals surface area contributed by atoms with Crippen LogP contribution in [0.3, 0.4) is 0 Å². The van der Waals surface area contributed by atoms with Gasteiger partial charge < -0.3 is 24.5 Å². The summed E-state index contributed by atoms with van der Waals surface area (Å²) in [4.78, 5) is 14.0. The molecule has 3 N–H and O–H groups in total. The maximum absolute atomic E-state index is 14.8. The summed E-state index contributed by atoms with van der Waals surface area (Å²) >= 11 is 0. The van der Waals surface area contributed by atoms with E-state index >= 15 is 0 Å². The van der Waals surface area contributed by atoms with Gasteiger partial charge in [-0.3, -0.25) is 10.1 Å². The van der Waals surface area contributed by atoms with Crippen molar-refractivity contribution in [2.75, 3.05) is 20.8 Å². The zero-order valence-electron chi connectivity index (χ0n) is 27.5. The molecule has 1 amide bonds. The van der Waals surface area contributed by atoms with Crippen LogP contribution >= 0.6 is 0 Å². The van der Waals surface area contributed by atoms with Crippen LogP contribution in [0, 0.1) is 5.82 Å². The van der Waals surface area contributed by atoms with Crippen molar-refractivity contribution in [3.8, 4) is 17.2 Å². The van der Waals surface area contributed by atoms with Gasteiger partial charge in [-0.25, -0.2) is 4.39 Å². The number of phenols is 1. The number of hydrogen-bond donors (Lipinski definition) is 3. The molecule has 3 aromatic rings. The number of unbranched alkanes of at least 4 members (excludes halogenated alkanes) is 1. The molecule has 2 aromatic carbocycles. The molecular weight excluding hydrogens is 581 g/mol. The molecule has 242 valence electrons. The molecule has 1 atom stereocenters. The number of amides is 1. The van der Waals surface area contributed by atoms with E-state index in [2.05, 4.69) is 23.6 Å². The van der Waals surface area contributed by atoms with E-state index in [1.807, 2.05) is 74.2 Å². The van der Waals surface area contributed by atoms with Crippen LogP contribution in [0.2, 0.25) is 0 Å². The molecule has 0 bridgehead atoms. The van der Waals surface area contributed by atoms with Gasteiger partial charge in [0.15, 0.2) is 11.5 Å². The predicted molar refractivity (Wildman–Crippen MR) is 184 cm³/mol. The fourth-order valence-corrected chi connectivity index (χ4v) is 5.53. The highest BCUT2D eigenvalue weighted by Crippen LogP contribution is 2.45. The van der Waals surface area contributed by atoms with Gasteiger partial charge in [0.25, 0.3) is 0 Å². The standard InChI is InChI=1S/C38H44FN3O4/c1-7-9-10-11-12-14-26(8-2)23-40-36(38(44)41-24-29-15-13-18-42(29)4)35-25(3)31(30-17-16-28(39)22-32(30)35)19-27-20-33(45-5)37(43)34(21-27)46-6/h8,10-22,36,40,43H,7,9,23-24H2,1-6H3,(H,41,44)/b11-10+,14-12-,26-8+,31-19-. The summed E-state index contributed by atoms with van der Waals surface area (Å²) < 4.78 is 27.6. The van der Waals surface area contributed by atoms with Gasteiger partial charge in [0.05, 0.1) is 20.8 Å². The Balaban J connectivity index is 1.78. The first kappa shape index (κ1) is 34.1. The Labute approximate surface area is 271 Å². The third-order valence-corrected chi connectivity index (χ3v) is 8.12. The van der Waals surface area contributed by atoms with Gasteiger partial charge in [-0.15, -0.1) is 0 Å². The van der Waals surface area contributed by atoms with E-state index < -0.39 is 11.9 Å². The molecule has 1 aliphatic rings. The highest BCUT2D eigenvalue weighted by Gasteiger charge is 2.33. The van der Waals surface area contributed by atoms with E-state index in [1.165, 1.54) is 26.4 Å². The molecule has 0 spiro atoms. The Morgan fingerprint density at radius 3 is 2.46 bits per heavy atom. The zero-order chi connectivity index (χ0) is 33.2. The molecule has 8 heteroatoms. The van der Waals surface area contributed by atoms with Crippen molar-refractivity contribution in [1.29, 1.82) is 0 Å². The number of benzene rings is 2. The highest BCUT2D eigenvalue weighted by atomic mass is 19.1. The van der Waals surface area contributed by atoms with Crippen LogP contribution in [-0.4, -0.2) is 42.4 Å². The second-order valence-corrected chi connectivity index (χ2v) is 11.1. The van der Waals surface area contributed by atoms with Gasteiger partial charge >= 0.3 is 0 Å². The van der Waals surface area contributed by atoms with Crippen LogP contribution in [0.4, 0.5) is 4.39 Å². The predicted octanol–water partition coefficient (Wildman–Crippen LogP) is 7.35. The minimum Gasteiger partial charge on any atom is -0.502 e. The normalized spacial score (nSPS) is 14.8. The van der Waals surface area contributed by atoms with Crippen molar-refractivity contribution in [2.45, 2.75) is 46.2 Å². The number of hydrogen-bond acceptors (Lipinski definition) is 5. The van der Waals surface area contributed by atoms with Gasteiger partial charge in [0, 0.05) is 25.5 Å².